The number of carbonyl (C=O) groups is 1. The fourth-order valence-corrected chi connectivity index (χ4v) is 1.63. The van der Waals surface area contributed by atoms with E-state index in [0.717, 1.165) is 0 Å². The van der Waals surface area contributed by atoms with E-state index < -0.39 is 0 Å². The lowest BCUT2D eigenvalue weighted by atomic mass is 10.3. The number of rotatable bonds is 7. The number of hydrogen-bond acceptors (Lipinski definition) is 3. The second kappa shape index (κ2) is 7.89. The van der Waals surface area contributed by atoms with Crippen LogP contribution in [-0.2, 0) is 4.79 Å². The van der Waals surface area contributed by atoms with Gasteiger partial charge in [0, 0.05) is 6.07 Å². The molecule has 0 saturated heterocycles. The predicted molar refractivity (Wildman–Crippen MR) is 76.8 cm³/mol. The van der Waals surface area contributed by atoms with E-state index in [2.05, 4.69) is 5.32 Å². The van der Waals surface area contributed by atoms with Gasteiger partial charge in [-0.1, -0.05) is 24.3 Å². The highest BCUT2D eigenvalue weighted by atomic mass is 19.1. The lowest BCUT2D eigenvalue weighted by Gasteiger charge is -2.08. The van der Waals surface area contributed by atoms with Gasteiger partial charge in [-0.3, -0.25) is 4.79 Å². The summed E-state index contributed by atoms with van der Waals surface area (Å²) in [6.07, 6.45) is 0. The first-order valence-corrected chi connectivity index (χ1v) is 6.57. The molecule has 0 fully saturated rings. The minimum Gasteiger partial charge on any atom is -0.492 e. The highest BCUT2D eigenvalue weighted by Crippen LogP contribution is 2.11. The van der Waals surface area contributed by atoms with Crippen molar-refractivity contribution in [2.75, 3.05) is 19.8 Å². The van der Waals surface area contributed by atoms with E-state index in [4.69, 9.17) is 9.47 Å². The molecule has 21 heavy (non-hydrogen) atoms. The van der Waals surface area contributed by atoms with Crippen LogP contribution < -0.4 is 14.8 Å². The average Bonchev–Trinajstić information content (AvgIpc) is 2.51. The van der Waals surface area contributed by atoms with E-state index >= 15 is 0 Å². The Hall–Kier alpha value is -2.56. The molecule has 0 saturated carbocycles. The zero-order valence-corrected chi connectivity index (χ0v) is 11.4. The van der Waals surface area contributed by atoms with Crippen LogP contribution >= 0.6 is 0 Å². The zero-order valence-electron chi connectivity index (χ0n) is 11.4. The van der Waals surface area contributed by atoms with Crippen LogP contribution in [0.5, 0.6) is 11.5 Å². The Morgan fingerprint density at radius 1 is 1.00 bits per heavy atom. The van der Waals surface area contributed by atoms with Gasteiger partial charge >= 0.3 is 0 Å². The van der Waals surface area contributed by atoms with Crippen molar-refractivity contribution in [1.82, 2.24) is 5.32 Å². The van der Waals surface area contributed by atoms with Crippen molar-refractivity contribution in [1.29, 1.82) is 0 Å². The Balaban J connectivity index is 1.61. The molecule has 0 atom stereocenters. The summed E-state index contributed by atoms with van der Waals surface area (Å²) in [5, 5.41) is 2.66. The van der Waals surface area contributed by atoms with Gasteiger partial charge in [-0.25, -0.2) is 4.39 Å². The summed E-state index contributed by atoms with van der Waals surface area (Å²) >= 11 is 0. The lowest BCUT2D eigenvalue weighted by molar-refractivity contribution is -0.123. The molecule has 5 heteroatoms. The molecule has 4 nitrogen and oxygen atoms in total. The molecule has 1 amide bonds. The molecule has 2 aromatic rings. The van der Waals surface area contributed by atoms with Crippen LogP contribution in [0.2, 0.25) is 0 Å². The molecule has 2 rings (SSSR count). The highest BCUT2D eigenvalue weighted by Gasteiger charge is 2.02. The molecule has 0 bridgehead atoms. The van der Waals surface area contributed by atoms with Gasteiger partial charge in [0.05, 0.1) is 6.54 Å². The number of halogens is 1. The normalized spacial score (nSPS) is 9.95. The van der Waals surface area contributed by atoms with Crippen molar-refractivity contribution in [2.24, 2.45) is 0 Å². The third-order valence-corrected chi connectivity index (χ3v) is 2.60. The monoisotopic (exact) mass is 289 g/mol. The van der Waals surface area contributed by atoms with E-state index in [1.54, 1.807) is 24.3 Å². The number of benzene rings is 2. The van der Waals surface area contributed by atoms with Crippen molar-refractivity contribution in [3.05, 3.63) is 60.4 Å². The number of carbonyl (C=O) groups excluding carboxylic acids is 1. The van der Waals surface area contributed by atoms with Crippen molar-refractivity contribution in [3.8, 4) is 11.5 Å². The summed E-state index contributed by atoms with van der Waals surface area (Å²) in [5.74, 6) is 0.489. The molecule has 0 aliphatic rings. The number of para-hydroxylation sites is 1. The van der Waals surface area contributed by atoms with Gasteiger partial charge in [-0.05, 0) is 24.3 Å². The highest BCUT2D eigenvalue weighted by molar-refractivity contribution is 5.77. The molecule has 0 heterocycles. The first-order valence-electron chi connectivity index (χ1n) is 6.57. The minimum atomic E-state index is -0.354. The SMILES string of the molecule is O=C(COc1ccccc1)NCCOc1cccc(F)c1. The van der Waals surface area contributed by atoms with E-state index in [-0.39, 0.29) is 24.9 Å². The summed E-state index contributed by atoms with van der Waals surface area (Å²) in [4.78, 5) is 11.5. The molecule has 0 aromatic heterocycles. The third-order valence-electron chi connectivity index (χ3n) is 2.60. The summed E-state index contributed by atoms with van der Waals surface area (Å²) in [6.45, 7) is 0.540. The van der Waals surface area contributed by atoms with Gasteiger partial charge in [0.15, 0.2) is 6.61 Å². The van der Waals surface area contributed by atoms with Crippen molar-refractivity contribution in [2.45, 2.75) is 0 Å². The summed E-state index contributed by atoms with van der Waals surface area (Å²) in [5.41, 5.74) is 0. The van der Waals surface area contributed by atoms with Crippen LogP contribution in [0.1, 0.15) is 0 Å². The Kier molecular flexibility index (Phi) is 5.58. The van der Waals surface area contributed by atoms with Gasteiger partial charge < -0.3 is 14.8 Å². The van der Waals surface area contributed by atoms with Crippen molar-refractivity contribution in [3.63, 3.8) is 0 Å². The third kappa shape index (κ3) is 5.52. The van der Waals surface area contributed by atoms with Crippen LogP contribution in [0.15, 0.2) is 54.6 Å². The second-order valence-corrected chi connectivity index (χ2v) is 4.26. The topological polar surface area (TPSA) is 47.6 Å². The van der Waals surface area contributed by atoms with Crippen LogP contribution in [0.3, 0.4) is 0 Å². The largest absolute Gasteiger partial charge is 0.492 e. The van der Waals surface area contributed by atoms with E-state index in [0.29, 0.717) is 18.0 Å². The van der Waals surface area contributed by atoms with Gasteiger partial charge in [-0.15, -0.1) is 0 Å². The average molecular weight is 289 g/mol. The molecule has 1 N–H and O–H groups in total. The number of hydrogen-bond donors (Lipinski definition) is 1. The predicted octanol–water partition coefficient (Wildman–Crippen LogP) is 2.40. The maximum absolute atomic E-state index is 12.9. The maximum Gasteiger partial charge on any atom is 0.258 e. The summed E-state index contributed by atoms with van der Waals surface area (Å²) in [7, 11) is 0. The lowest BCUT2D eigenvalue weighted by Crippen LogP contribution is -2.32. The Bertz CT molecular complexity index is 575. The molecule has 0 unspecified atom stereocenters. The van der Waals surface area contributed by atoms with Gasteiger partial charge in [0.1, 0.15) is 23.9 Å². The molecular formula is C16H16FNO3. The molecule has 0 aliphatic carbocycles. The molecule has 0 spiro atoms. The standard InChI is InChI=1S/C16H16FNO3/c17-13-5-4-8-15(11-13)20-10-9-18-16(19)12-21-14-6-2-1-3-7-14/h1-8,11H,9-10,12H2,(H,18,19). The van der Waals surface area contributed by atoms with Crippen molar-refractivity contribution < 1.29 is 18.7 Å². The smallest absolute Gasteiger partial charge is 0.258 e. The molecule has 0 aliphatic heterocycles. The summed E-state index contributed by atoms with van der Waals surface area (Å²) < 4.78 is 23.5. The van der Waals surface area contributed by atoms with Gasteiger partial charge in [0.25, 0.3) is 5.91 Å². The number of ether oxygens (including phenoxy) is 2. The Morgan fingerprint density at radius 3 is 2.52 bits per heavy atom. The van der Waals surface area contributed by atoms with Crippen LogP contribution in [0.25, 0.3) is 0 Å². The number of nitrogens with one attached hydrogen (secondary N) is 1. The molecule has 110 valence electrons. The van der Waals surface area contributed by atoms with E-state index in [1.165, 1.54) is 12.1 Å². The second-order valence-electron chi connectivity index (χ2n) is 4.26. The molecule has 2 aromatic carbocycles. The van der Waals surface area contributed by atoms with Crippen LogP contribution in [0, 0.1) is 5.82 Å². The Morgan fingerprint density at radius 2 is 1.76 bits per heavy atom. The fraction of sp³-hybridized carbons (Fsp3) is 0.188. The van der Waals surface area contributed by atoms with Crippen molar-refractivity contribution >= 4 is 5.91 Å². The fourth-order valence-electron chi connectivity index (χ4n) is 1.63. The first kappa shape index (κ1) is 14.8. The number of amides is 1. The molecular weight excluding hydrogens is 273 g/mol. The van der Waals surface area contributed by atoms with E-state index in [9.17, 15) is 9.18 Å². The van der Waals surface area contributed by atoms with Gasteiger partial charge in [-0.2, -0.15) is 0 Å². The zero-order chi connectivity index (χ0) is 14.9. The quantitative estimate of drug-likeness (QED) is 0.796. The maximum atomic E-state index is 12.9. The van der Waals surface area contributed by atoms with Crippen LogP contribution in [0.4, 0.5) is 4.39 Å². The summed E-state index contributed by atoms with van der Waals surface area (Å²) in [6, 6.07) is 15.0. The van der Waals surface area contributed by atoms with Crippen LogP contribution in [-0.4, -0.2) is 25.7 Å². The first-order chi connectivity index (χ1) is 10.2. The van der Waals surface area contributed by atoms with Gasteiger partial charge in [0.2, 0.25) is 0 Å². The minimum absolute atomic E-state index is 0.0516. The molecule has 0 radical (unpaired) electrons. The van der Waals surface area contributed by atoms with E-state index in [1.807, 2.05) is 18.2 Å². The Labute approximate surface area is 122 Å².